The van der Waals surface area contributed by atoms with Crippen molar-refractivity contribution in [2.24, 2.45) is 0 Å². The van der Waals surface area contributed by atoms with Gasteiger partial charge in [-0.25, -0.2) is 0 Å². The largest absolute Gasteiger partial charge is 0.386 e. The quantitative estimate of drug-likeness (QED) is 0.559. The summed E-state index contributed by atoms with van der Waals surface area (Å²) < 4.78 is 5.06. The van der Waals surface area contributed by atoms with Crippen molar-refractivity contribution in [2.45, 2.75) is 37.9 Å². The van der Waals surface area contributed by atoms with E-state index >= 15 is 0 Å². The molecule has 0 amide bonds. The van der Waals surface area contributed by atoms with E-state index < -0.39 is 12.4 Å². The topological polar surface area (TPSA) is 52.9 Å². The third-order valence-corrected chi connectivity index (χ3v) is 2.29. The van der Waals surface area contributed by atoms with E-state index in [-0.39, 0.29) is 12.1 Å². The molecule has 0 aliphatic carbocycles. The van der Waals surface area contributed by atoms with Gasteiger partial charge in [0.2, 0.25) is 0 Å². The molecule has 0 radical (unpaired) electrons. The third kappa shape index (κ3) is 1.95. The first kappa shape index (κ1) is 9.92. The lowest BCUT2D eigenvalue weighted by molar-refractivity contribution is -0.230. The normalized spacial score (nSPS) is 43.5. The van der Waals surface area contributed by atoms with Gasteiger partial charge in [0.05, 0.1) is 6.10 Å². The van der Waals surface area contributed by atoms with Crippen LogP contribution in [-0.2, 0) is 4.74 Å². The van der Waals surface area contributed by atoms with Crippen LogP contribution in [0.5, 0.6) is 0 Å². The number of aliphatic hydroxyl groups excluding tert-OH is 2. The van der Waals surface area contributed by atoms with Gasteiger partial charge < -0.3 is 19.8 Å². The zero-order chi connectivity index (χ0) is 9.30. The van der Waals surface area contributed by atoms with Crippen LogP contribution in [0.3, 0.4) is 0 Å². The molecular weight excluding hydrogens is 158 g/mol. The van der Waals surface area contributed by atoms with Gasteiger partial charge in [-0.1, -0.05) is 0 Å². The van der Waals surface area contributed by atoms with Crippen LogP contribution in [0.25, 0.3) is 0 Å². The minimum atomic E-state index is -1.04. The third-order valence-electron chi connectivity index (χ3n) is 2.29. The molecule has 72 valence electrons. The molecule has 0 aromatic heterocycles. The summed E-state index contributed by atoms with van der Waals surface area (Å²) in [7, 11) is 3.78. The Morgan fingerprint density at radius 1 is 1.33 bits per heavy atom. The average molecular weight is 175 g/mol. The van der Waals surface area contributed by atoms with E-state index in [2.05, 4.69) is 0 Å². The Balaban J connectivity index is 2.60. The first-order chi connectivity index (χ1) is 5.52. The highest BCUT2D eigenvalue weighted by Gasteiger charge is 2.35. The molecule has 1 saturated heterocycles. The van der Waals surface area contributed by atoms with Gasteiger partial charge >= 0.3 is 0 Å². The highest BCUT2D eigenvalue weighted by atomic mass is 16.6. The summed E-state index contributed by atoms with van der Waals surface area (Å²) in [5.74, 6) is 0. The Morgan fingerprint density at radius 2 is 1.92 bits per heavy atom. The van der Waals surface area contributed by atoms with Crippen molar-refractivity contribution in [3.63, 3.8) is 0 Å². The van der Waals surface area contributed by atoms with Crippen molar-refractivity contribution in [3.8, 4) is 0 Å². The fourth-order valence-corrected chi connectivity index (χ4v) is 1.56. The second kappa shape index (κ2) is 3.70. The second-order valence-corrected chi connectivity index (χ2v) is 3.59. The van der Waals surface area contributed by atoms with E-state index in [9.17, 15) is 10.2 Å². The zero-order valence-corrected chi connectivity index (χ0v) is 7.77. The Morgan fingerprint density at radius 3 is 2.42 bits per heavy atom. The molecule has 1 aliphatic rings. The number of aliphatic hydroxyl groups is 2. The van der Waals surface area contributed by atoms with E-state index in [1.165, 1.54) is 0 Å². The van der Waals surface area contributed by atoms with Crippen molar-refractivity contribution in [3.05, 3.63) is 0 Å². The van der Waals surface area contributed by atoms with Crippen LogP contribution in [-0.4, -0.2) is 53.7 Å². The number of nitrogens with zero attached hydrogens (tertiary/aromatic N) is 1. The smallest absolute Gasteiger partial charge is 0.182 e. The molecule has 1 fully saturated rings. The zero-order valence-electron chi connectivity index (χ0n) is 7.77. The van der Waals surface area contributed by atoms with E-state index in [0.29, 0.717) is 0 Å². The minimum absolute atomic E-state index is 0.01000. The molecule has 12 heavy (non-hydrogen) atoms. The molecule has 1 rings (SSSR count). The minimum Gasteiger partial charge on any atom is -0.386 e. The van der Waals surface area contributed by atoms with Gasteiger partial charge in [0.15, 0.2) is 6.29 Å². The van der Waals surface area contributed by atoms with E-state index in [1.807, 2.05) is 25.9 Å². The summed E-state index contributed by atoms with van der Waals surface area (Å²) in [6.45, 7) is 1.89. The van der Waals surface area contributed by atoms with Gasteiger partial charge in [0, 0.05) is 6.04 Å². The average Bonchev–Trinajstić information content (AvgIpc) is 1.96. The summed E-state index contributed by atoms with van der Waals surface area (Å²) in [6.07, 6.45) is -1.07. The lowest BCUT2D eigenvalue weighted by atomic mass is 9.99. The van der Waals surface area contributed by atoms with E-state index in [4.69, 9.17) is 4.74 Å². The number of ether oxygens (including phenoxy) is 1. The summed E-state index contributed by atoms with van der Waals surface area (Å²) in [6, 6.07) is -0.0104. The number of rotatable bonds is 1. The summed E-state index contributed by atoms with van der Waals surface area (Å²) >= 11 is 0. The number of hydrogen-bond acceptors (Lipinski definition) is 4. The molecule has 4 atom stereocenters. The summed E-state index contributed by atoms with van der Waals surface area (Å²) in [4.78, 5) is 1.91. The van der Waals surface area contributed by atoms with Crippen LogP contribution >= 0.6 is 0 Å². The van der Waals surface area contributed by atoms with Crippen LogP contribution in [0.4, 0.5) is 0 Å². The van der Waals surface area contributed by atoms with Crippen molar-refractivity contribution in [2.75, 3.05) is 14.1 Å². The van der Waals surface area contributed by atoms with Crippen LogP contribution in [0.2, 0.25) is 0 Å². The van der Waals surface area contributed by atoms with Crippen LogP contribution < -0.4 is 0 Å². The molecule has 1 heterocycles. The van der Waals surface area contributed by atoms with Gasteiger partial charge in [-0.15, -0.1) is 0 Å². The highest BCUT2D eigenvalue weighted by Crippen LogP contribution is 2.21. The molecule has 0 bridgehead atoms. The maximum absolute atomic E-state index is 9.51. The maximum atomic E-state index is 9.51. The SMILES string of the molecule is CC1CC(N(C)C)[C@H](O)[C@H](O)O1. The van der Waals surface area contributed by atoms with Crippen LogP contribution in [0.15, 0.2) is 0 Å². The predicted molar refractivity (Wildman–Crippen MR) is 44.7 cm³/mol. The molecule has 0 aromatic rings. The Hall–Kier alpha value is -0.160. The monoisotopic (exact) mass is 175 g/mol. The summed E-state index contributed by atoms with van der Waals surface area (Å²) in [5.41, 5.74) is 0. The molecule has 0 aromatic carbocycles. The van der Waals surface area contributed by atoms with Crippen molar-refractivity contribution >= 4 is 0 Å². The molecule has 4 heteroatoms. The molecule has 0 spiro atoms. The summed E-state index contributed by atoms with van der Waals surface area (Å²) in [5, 5.41) is 18.8. The lowest BCUT2D eigenvalue weighted by Crippen LogP contribution is -2.53. The van der Waals surface area contributed by atoms with Gasteiger partial charge in [-0.2, -0.15) is 0 Å². The van der Waals surface area contributed by atoms with E-state index in [0.717, 1.165) is 6.42 Å². The molecule has 1 aliphatic heterocycles. The van der Waals surface area contributed by atoms with Crippen LogP contribution in [0, 0.1) is 0 Å². The van der Waals surface area contributed by atoms with Gasteiger partial charge in [-0.05, 0) is 27.4 Å². The fraction of sp³-hybridized carbons (Fsp3) is 1.00. The first-order valence-electron chi connectivity index (χ1n) is 4.20. The van der Waals surface area contributed by atoms with E-state index in [1.54, 1.807) is 0 Å². The van der Waals surface area contributed by atoms with Gasteiger partial charge in [0.25, 0.3) is 0 Å². The second-order valence-electron chi connectivity index (χ2n) is 3.59. The number of hydrogen-bond donors (Lipinski definition) is 2. The van der Waals surface area contributed by atoms with Crippen molar-refractivity contribution < 1.29 is 14.9 Å². The Kier molecular flexibility index (Phi) is 3.06. The maximum Gasteiger partial charge on any atom is 0.182 e. The fourth-order valence-electron chi connectivity index (χ4n) is 1.56. The molecule has 4 nitrogen and oxygen atoms in total. The first-order valence-corrected chi connectivity index (χ1v) is 4.20. The predicted octanol–water partition coefficient (Wildman–Crippen LogP) is -0.595. The van der Waals surface area contributed by atoms with Gasteiger partial charge in [-0.3, -0.25) is 0 Å². The highest BCUT2D eigenvalue weighted by molar-refractivity contribution is 4.84. The molecule has 0 saturated carbocycles. The van der Waals surface area contributed by atoms with Crippen molar-refractivity contribution in [1.82, 2.24) is 4.90 Å². The Bertz CT molecular complexity index is 151. The van der Waals surface area contributed by atoms with Crippen molar-refractivity contribution in [1.29, 1.82) is 0 Å². The molecule has 2 N–H and O–H groups in total. The van der Waals surface area contributed by atoms with Gasteiger partial charge in [0.1, 0.15) is 6.10 Å². The lowest BCUT2D eigenvalue weighted by Gasteiger charge is -2.38. The Labute approximate surface area is 72.7 Å². The number of likely N-dealkylation sites (N-methyl/N-ethyl adjacent to an activating group) is 1. The molecular formula is C8H17NO3. The van der Waals surface area contributed by atoms with Crippen LogP contribution in [0.1, 0.15) is 13.3 Å². The standard InChI is InChI=1S/C8H17NO3/c1-5-4-6(9(2)3)7(10)8(11)12-5/h5-8,10-11H,4H2,1-3H3/t5?,6?,7-,8+/m0/s1. The molecule has 2 unspecified atom stereocenters.